The van der Waals surface area contributed by atoms with Crippen molar-refractivity contribution >= 4 is 35.7 Å². The van der Waals surface area contributed by atoms with Gasteiger partial charge in [-0.25, -0.2) is 19.6 Å². The van der Waals surface area contributed by atoms with Gasteiger partial charge in [0.15, 0.2) is 0 Å². The molecule has 0 unspecified atom stereocenters. The van der Waals surface area contributed by atoms with Gasteiger partial charge in [-0.15, -0.1) is 23.5 Å². The largest absolute Gasteiger partial charge is 0.235 e. The Morgan fingerprint density at radius 2 is 1.92 bits per heavy atom. The van der Waals surface area contributed by atoms with E-state index in [1.165, 1.54) is 6.08 Å². The summed E-state index contributed by atoms with van der Waals surface area (Å²) >= 11 is 3.34. The van der Waals surface area contributed by atoms with E-state index < -0.39 is 0 Å². The molecule has 4 nitrogen and oxygen atoms in total. The third-order valence-electron chi connectivity index (χ3n) is 1.49. The Bertz CT molecular complexity index is 251. The van der Waals surface area contributed by atoms with Crippen LogP contribution in [0.15, 0.2) is 9.98 Å². The summed E-state index contributed by atoms with van der Waals surface area (Å²) in [4.78, 5) is 26.9. The van der Waals surface area contributed by atoms with Crippen LogP contribution in [-0.4, -0.2) is 40.8 Å². The van der Waals surface area contributed by atoms with E-state index in [9.17, 15) is 9.59 Å². The van der Waals surface area contributed by atoms with Crippen LogP contribution in [0.2, 0.25) is 0 Å². The van der Waals surface area contributed by atoms with E-state index in [1.54, 1.807) is 29.6 Å². The molecule has 0 N–H and O–H groups in total. The van der Waals surface area contributed by atoms with E-state index in [-0.39, 0.29) is 6.04 Å². The van der Waals surface area contributed by atoms with Gasteiger partial charge in [-0.05, 0) is 0 Å². The average molecular weight is 216 g/mol. The second kappa shape index (κ2) is 6.00. The van der Waals surface area contributed by atoms with Gasteiger partial charge < -0.3 is 0 Å². The van der Waals surface area contributed by atoms with Crippen LogP contribution in [0.3, 0.4) is 0 Å². The monoisotopic (exact) mass is 216 g/mol. The van der Waals surface area contributed by atoms with Gasteiger partial charge in [0.2, 0.25) is 12.2 Å². The molecule has 0 atom stereocenters. The van der Waals surface area contributed by atoms with Crippen molar-refractivity contribution in [3.8, 4) is 0 Å². The minimum atomic E-state index is 0.0731. The van der Waals surface area contributed by atoms with Crippen molar-refractivity contribution in [2.24, 2.45) is 9.98 Å². The Labute approximate surface area is 84.3 Å². The molecule has 6 heteroatoms. The van der Waals surface area contributed by atoms with Gasteiger partial charge in [0.25, 0.3) is 0 Å². The summed E-state index contributed by atoms with van der Waals surface area (Å²) in [6.07, 6.45) is 3.07. The molecular weight excluding hydrogens is 208 g/mol. The summed E-state index contributed by atoms with van der Waals surface area (Å²) in [5.41, 5.74) is 0. The first-order chi connectivity index (χ1) is 6.36. The minimum absolute atomic E-state index is 0.0731. The average Bonchev–Trinajstić information content (AvgIpc) is 2.17. The Morgan fingerprint density at radius 3 is 2.46 bits per heavy atom. The summed E-state index contributed by atoms with van der Waals surface area (Å²) in [7, 11) is 0. The first kappa shape index (κ1) is 10.5. The van der Waals surface area contributed by atoms with Crippen LogP contribution >= 0.6 is 23.5 Å². The predicted molar refractivity (Wildman–Crippen MR) is 53.6 cm³/mol. The molecule has 70 valence electrons. The standard InChI is InChI=1S/C7H8N2O2S2/c10-4-8-1-7-12-2-6(3-13-7)9-5-11/h6-7H,1-3H2. The topological polar surface area (TPSA) is 58.9 Å². The number of carbonyl (C=O) groups excluding carboxylic acids is 2. The molecule has 1 saturated heterocycles. The number of isocyanates is 2. The maximum Gasteiger partial charge on any atom is 0.235 e. The molecule has 0 amide bonds. The van der Waals surface area contributed by atoms with Gasteiger partial charge in [0.05, 0.1) is 17.2 Å². The quantitative estimate of drug-likeness (QED) is 0.518. The van der Waals surface area contributed by atoms with Crippen molar-refractivity contribution in [1.82, 2.24) is 0 Å². The Kier molecular flexibility index (Phi) is 4.86. The Balaban J connectivity index is 2.29. The lowest BCUT2D eigenvalue weighted by molar-refractivity contribution is 0.560. The molecule has 0 saturated carbocycles. The molecule has 1 rings (SSSR count). The zero-order valence-electron chi connectivity index (χ0n) is 6.80. The first-order valence-corrected chi connectivity index (χ1v) is 5.80. The Hall–Kier alpha value is -0.540. The van der Waals surface area contributed by atoms with Crippen LogP contribution in [0.4, 0.5) is 0 Å². The number of nitrogens with zero attached hydrogens (tertiary/aromatic N) is 2. The van der Waals surface area contributed by atoms with Crippen molar-refractivity contribution in [2.45, 2.75) is 10.6 Å². The smallest absolute Gasteiger partial charge is 0.211 e. The lowest BCUT2D eigenvalue weighted by atomic mass is 10.4. The molecule has 0 aromatic carbocycles. The molecule has 0 aromatic heterocycles. The van der Waals surface area contributed by atoms with E-state index in [0.29, 0.717) is 11.1 Å². The van der Waals surface area contributed by atoms with Crippen molar-refractivity contribution in [3.05, 3.63) is 0 Å². The van der Waals surface area contributed by atoms with E-state index >= 15 is 0 Å². The molecular formula is C7H8N2O2S2. The maximum atomic E-state index is 9.95. The second-order valence-electron chi connectivity index (χ2n) is 2.40. The predicted octanol–water partition coefficient (Wildman–Crippen LogP) is 0.833. The highest BCUT2D eigenvalue weighted by Crippen LogP contribution is 2.31. The fraction of sp³-hybridized carbons (Fsp3) is 0.714. The van der Waals surface area contributed by atoms with E-state index in [1.807, 2.05) is 0 Å². The number of thioether (sulfide) groups is 2. The fourth-order valence-electron chi connectivity index (χ4n) is 0.899. The maximum absolute atomic E-state index is 9.95. The number of aliphatic imine (C=N–C) groups is 2. The lowest BCUT2D eigenvalue weighted by Crippen LogP contribution is -2.22. The summed E-state index contributed by atoms with van der Waals surface area (Å²) in [6, 6.07) is 0.0731. The number of rotatable bonds is 3. The molecule has 1 aliphatic heterocycles. The molecule has 1 fully saturated rings. The lowest BCUT2D eigenvalue weighted by Gasteiger charge is -2.22. The molecule has 0 aromatic rings. The van der Waals surface area contributed by atoms with Gasteiger partial charge in [-0.2, -0.15) is 0 Å². The van der Waals surface area contributed by atoms with Crippen LogP contribution in [-0.2, 0) is 9.59 Å². The van der Waals surface area contributed by atoms with Crippen LogP contribution < -0.4 is 0 Å². The highest BCUT2D eigenvalue weighted by atomic mass is 32.2. The molecule has 0 radical (unpaired) electrons. The highest BCUT2D eigenvalue weighted by Gasteiger charge is 2.21. The Morgan fingerprint density at radius 1 is 1.23 bits per heavy atom. The molecule has 1 heterocycles. The number of hydrogen-bond acceptors (Lipinski definition) is 6. The highest BCUT2D eigenvalue weighted by molar-refractivity contribution is 8.17. The first-order valence-electron chi connectivity index (χ1n) is 3.70. The van der Waals surface area contributed by atoms with E-state index in [4.69, 9.17) is 0 Å². The van der Waals surface area contributed by atoms with Crippen molar-refractivity contribution in [1.29, 1.82) is 0 Å². The molecule has 0 bridgehead atoms. The van der Waals surface area contributed by atoms with Crippen molar-refractivity contribution in [2.75, 3.05) is 18.1 Å². The van der Waals surface area contributed by atoms with Gasteiger partial charge in [0, 0.05) is 11.5 Å². The molecule has 0 spiro atoms. The second-order valence-corrected chi connectivity index (χ2v) is 5.17. The SMILES string of the molecule is O=C=NCC1SCC(N=C=O)CS1. The zero-order valence-corrected chi connectivity index (χ0v) is 8.44. The van der Waals surface area contributed by atoms with Crippen LogP contribution in [0.25, 0.3) is 0 Å². The fourth-order valence-corrected chi connectivity index (χ4v) is 3.52. The molecule has 13 heavy (non-hydrogen) atoms. The van der Waals surface area contributed by atoms with Crippen LogP contribution in [0.1, 0.15) is 0 Å². The van der Waals surface area contributed by atoms with Gasteiger partial charge in [0.1, 0.15) is 0 Å². The summed E-state index contributed by atoms with van der Waals surface area (Å²) < 4.78 is 0.305. The van der Waals surface area contributed by atoms with Gasteiger partial charge in [-0.3, -0.25) is 0 Å². The van der Waals surface area contributed by atoms with Crippen molar-refractivity contribution < 1.29 is 9.59 Å². The van der Waals surface area contributed by atoms with Gasteiger partial charge >= 0.3 is 0 Å². The van der Waals surface area contributed by atoms with E-state index in [2.05, 4.69) is 9.98 Å². The van der Waals surface area contributed by atoms with Crippen molar-refractivity contribution in [3.63, 3.8) is 0 Å². The van der Waals surface area contributed by atoms with Crippen LogP contribution in [0.5, 0.6) is 0 Å². The number of hydrogen-bond donors (Lipinski definition) is 0. The molecule has 1 aliphatic rings. The van der Waals surface area contributed by atoms with E-state index in [0.717, 1.165) is 11.5 Å². The third-order valence-corrected chi connectivity index (χ3v) is 4.50. The zero-order chi connectivity index (χ0) is 9.52. The minimum Gasteiger partial charge on any atom is -0.211 e. The third kappa shape index (κ3) is 3.79. The summed E-state index contributed by atoms with van der Waals surface area (Å²) in [5.74, 6) is 1.61. The van der Waals surface area contributed by atoms with Gasteiger partial charge in [-0.1, -0.05) is 0 Å². The summed E-state index contributed by atoms with van der Waals surface area (Å²) in [5, 5.41) is 0. The molecule has 0 aliphatic carbocycles. The normalized spacial score (nSPS) is 27.1. The summed E-state index contributed by atoms with van der Waals surface area (Å²) in [6.45, 7) is 0.496. The van der Waals surface area contributed by atoms with Crippen LogP contribution in [0, 0.1) is 0 Å².